The average molecular weight is 394 g/mol. The number of nitrogens with two attached hydrogens (primary N) is 1. The first-order chi connectivity index (χ1) is 13.5. The Morgan fingerprint density at radius 3 is 2.43 bits per heavy atom. The zero-order valence-electron chi connectivity index (χ0n) is 17.1. The predicted molar refractivity (Wildman–Crippen MR) is 105 cm³/mol. The van der Waals surface area contributed by atoms with E-state index in [4.69, 9.17) is 10.5 Å². The molecule has 7 heteroatoms. The van der Waals surface area contributed by atoms with Gasteiger partial charge in [-0.15, -0.1) is 0 Å². The van der Waals surface area contributed by atoms with Crippen molar-refractivity contribution >= 4 is 17.7 Å². The van der Waals surface area contributed by atoms with Gasteiger partial charge < -0.3 is 20.7 Å². The molecule has 0 aromatic carbocycles. The third-order valence-electron chi connectivity index (χ3n) is 6.88. The SMILES string of the molecule is CCC1CC1(NC(=O)C(CC(=O)N1CCOCC1)CC1CCCCC1)C(N)=O. The average Bonchev–Trinajstić information content (AvgIpc) is 3.43. The van der Waals surface area contributed by atoms with Crippen molar-refractivity contribution in [1.29, 1.82) is 0 Å². The van der Waals surface area contributed by atoms with Gasteiger partial charge in [0.25, 0.3) is 0 Å². The fourth-order valence-electron chi connectivity index (χ4n) is 4.92. The molecular weight excluding hydrogens is 358 g/mol. The largest absolute Gasteiger partial charge is 0.378 e. The number of rotatable bonds is 8. The summed E-state index contributed by atoms with van der Waals surface area (Å²) in [4.78, 5) is 39.7. The van der Waals surface area contributed by atoms with Crippen molar-refractivity contribution in [3.63, 3.8) is 0 Å². The van der Waals surface area contributed by atoms with Gasteiger partial charge in [0.05, 0.1) is 13.2 Å². The van der Waals surface area contributed by atoms with Crippen LogP contribution < -0.4 is 11.1 Å². The third-order valence-corrected chi connectivity index (χ3v) is 6.88. The summed E-state index contributed by atoms with van der Waals surface area (Å²) in [7, 11) is 0. The minimum absolute atomic E-state index is 0.00947. The summed E-state index contributed by atoms with van der Waals surface area (Å²) >= 11 is 0. The maximum atomic E-state index is 13.1. The van der Waals surface area contributed by atoms with Crippen molar-refractivity contribution in [2.45, 2.75) is 70.3 Å². The van der Waals surface area contributed by atoms with Crippen LogP contribution in [0.25, 0.3) is 0 Å². The maximum Gasteiger partial charge on any atom is 0.243 e. The third kappa shape index (κ3) is 4.85. The zero-order valence-corrected chi connectivity index (χ0v) is 17.1. The molecule has 3 rings (SSSR count). The Bertz CT molecular complexity index is 584. The summed E-state index contributed by atoms with van der Waals surface area (Å²) in [5, 5.41) is 2.96. The summed E-state index contributed by atoms with van der Waals surface area (Å²) in [5.41, 5.74) is 4.70. The van der Waals surface area contributed by atoms with E-state index in [9.17, 15) is 14.4 Å². The molecule has 0 aromatic heterocycles. The first kappa shape index (κ1) is 21.1. The second kappa shape index (κ2) is 9.25. The number of nitrogens with one attached hydrogen (secondary N) is 1. The summed E-state index contributed by atoms with van der Waals surface area (Å²) in [6.07, 6.45) is 8.22. The molecule has 3 atom stereocenters. The fourth-order valence-corrected chi connectivity index (χ4v) is 4.92. The van der Waals surface area contributed by atoms with Gasteiger partial charge in [-0.3, -0.25) is 14.4 Å². The molecule has 1 aliphatic heterocycles. The standard InChI is InChI=1S/C21H35N3O4/c1-2-17-14-21(17,20(22)27)23-19(26)16(12-15-6-4-3-5-7-15)13-18(25)24-8-10-28-11-9-24/h15-17H,2-14H2,1H3,(H2,22,27)(H,23,26). The van der Waals surface area contributed by atoms with Crippen molar-refractivity contribution in [2.75, 3.05) is 26.3 Å². The summed E-state index contributed by atoms with van der Waals surface area (Å²) in [6.45, 7) is 4.27. The van der Waals surface area contributed by atoms with Gasteiger partial charge >= 0.3 is 0 Å². The van der Waals surface area contributed by atoms with E-state index in [1.165, 1.54) is 19.3 Å². The van der Waals surface area contributed by atoms with Crippen molar-refractivity contribution in [1.82, 2.24) is 10.2 Å². The van der Waals surface area contributed by atoms with Gasteiger partial charge in [0.15, 0.2) is 0 Å². The van der Waals surface area contributed by atoms with Gasteiger partial charge in [0, 0.05) is 25.4 Å². The number of hydrogen-bond donors (Lipinski definition) is 2. The molecule has 3 unspecified atom stereocenters. The second-order valence-corrected chi connectivity index (χ2v) is 8.77. The van der Waals surface area contributed by atoms with Crippen molar-refractivity contribution in [3.05, 3.63) is 0 Å². The number of nitrogens with zero attached hydrogens (tertiary/aromatic N) is 1. The molecule has 7 nitrogen and oxygen atoms in total. The first-order valence-electron chi connectivity index (χ1n) is 10.9. The van der Waals surface area contributed by atoms with Gasteiger partial charge in [-0.05, 0) is 24.7 Å². The molecule has 3 N–H and O–H groups in total. The van der Waals surface area contributed by atoms with Crippen LogP contribution in [0.5, 0.6) is 0 Å². The van der Waals surface area contributed by atoms with E-state index in [2.05, 4.69) is 5.32 Å². The molecule has 0 aromatic rings. The Kier molecular flexibility index (Phi) is 6.96. The monoisotopic (exact) mass is 393 g/mol. The van der Waals surface area contributed by atoms with Crippen LogP contribution in [0.3, 0.4) is 0 Å². The van der Waals surface area contributed by atoms with Gasteiger partial charge in [-0.1, -0.05) is 45.4 Å². The Morgan fingerprint density at radius 2 is 1.86 bits per heavy atom. The van der Waals surface area contributed by atoms with Crippen LogP contribution in [0.2, 0.25) is 0 Å². The Hall–Kier alpha value is -1.63. The molecule has 3 fully saturated rings. The molecule has 1 heterocycles. The first-order valence-corrected chi connectivity index (χ1v) is 10.9. The quantitative estimate of drug-likeness (QED) is 0.654. The Morgan fingerprint density at radius 1 is 1.18 bits per heavy atom. The highest BCUT2D eigenvalue weighted by atomic mass is 16.5. The van der Waals surface area contributed by atoms with E-state index in [1.54, 1.807) is 4.90 Å². The van der Waals surface area contributed by atoms with Crippen molar-refractivity contribution in [3.8, 4) is 0 Å². The number of morpholine rings is 1. The Balaban J connectivity index is 1.66. The van der Waals surface area contributed by atoms with E-state index >= 15 is 0 Å². The minimum Gasteiger partial charge on any atom is -0.378 e. The molecule has 158 valence electrons. The summed E-state index contributed by atoms with van der Waals surface area (Å²) in [5.74, 6) is -0.430. The minimum atomic E-state index is -0.904. The van der Waals surface area contributed by atoms with Crippen molar-refractivity contribution in [2.24, 2.45) is 23.5 Å². The molecular formula is C21H35N3O4. The zero-order chi connectivity index (χ0) is 20.1. The highest BCUT2D eigenvalue weighted by Crippen LogP contribution is 2.46. The van der Waals surface area contributed by atoms with Crippen LogP contribution >= 0.6 is 0 Å². The van der Waals surface area contributed by atoms with Gasteiger partial charge in [0.1, 0.15) is 5.54 Å². The molecule has 0 radical (unpaired) electrons. The summed E-state index contributed by atoms with van der Waals surface area (Å²) in [6, 6.07) is 0. The number of carbonyl (C=O) groups is 3. The number of primary amides is 1. The van der Waals surface area contributed by atoms with E-state index in [0.717, 1.165) is 19.3 Å². The molecule has 2 saturated carbocycles. The van der Waals surface area contributed by atoms with Gasteiger partial charge in [-0.25, -0.2) is 0 Å². The molecule has 1 saturated heterocycles. The van der Waals surface area contributed by atoms with Crippen LogP contribution in [0.1, 0.15) is 64.7 Å². The molecule has 28 heavy (non-hydrogen) atoms. The lowest BCUT2D eigenvalue weighted by atomic mass is 9.81. The van der Waals surface area contributed by atoms with E-state index in [-0.39, 0.29) is 24.2 Å². The van der Waals surface area contributed by atoms with E-state index < -0.39 is 17.4 Å². The topological polar surface area (TPSA) is 102 Å². The normalized spacial score (nSPS) is 29.2. The highest BCUT2D eigenvalue weighted by molar-refractivity contribution is 5.95. The second-order valence-electron chi connectivity index (χ2n) is 8.77. The predicted octanol–water partition coefficient (Wildman–Crippen LogP) is 1.59. The number of ether oxygens (including phenoxy) is 1. The van der Waals surface area contributed by atoms with Gasteiger partial charge in [-0.2, -0.15) is 0 Å². The summed E-state index contributed by atoms with van der Waals surface area (Å²) < 4.78 is 5.32. The molecule has 0 bridgehead atoms. The van der Waals surface area contributed by atoms with E-state index in [0.29, 0.717) is 45.1 Å². The Labute approximate surface area is 167 Å². The number of amides is 3. The van der Waals surface area contributed by atoms with Gasteiger partial charge in [0.2, 0.25) is 17.7 Å². The van der Waals surface area contributed by atoms with Crippen LogP contribution in [-0.2, 0) is 19.1 Å². The molecule has 3 aliphatic rings. The number of carbonyl (C=O) groups excluding carboxylic acids is 3. The van der Waals surface area contributed by atoms with Crippen LogP contribution in [-0.4, -0.2) is 54.5 Å². The lowest BCUT2D eigenvalue weighted by molar-refractivity contribution is -0.140. The lowest BCUT2D eigenvalue weighted by Crippen LogP contribution is -2.51. The molecule has 0 spiro atoms. The van der Waals surface area contributed by atoms with Crippen LogP contribution in [0.4, 0.5) is 0 Å². The molecule has 2 aliphatic carbocycles. The smallest absolute Gasteiger partial charge is 0.243 e. The van der Waals surface area contributed by atoms with Crippen molar-refractivity contribution < 1.29 is 19.1 Å². The molecule has 3 amide bonds. The van der Waals surface area contributed by atoms with Crippen LogP contribution in [0.15, 0.2) is 0 Å². The van der Waals surface area contributed by atoms with Crippen LogP contribution in [0, 0.1) is 17.8 Å². The highest BCUT2D eigenvalue weighted by Gasteiger charge is 2.59. The maximum absolute atomic E-state index is 13.1. The van der Waals surface area contributed by atoms with E-state index in [1.807, 2.05) is 6.92 Å². The number of hydrogen-bond acceptors (Lipinski definition) is 4. The fraction of sp³-hybridized carbons (Fsp3) is 0.857. The lowest BCUT2D eigenvalue weighted by Gasteiger charge is -2.31.